The van der Waals surface area contributed by atoms with Crippen molar-refractivity contribution in [3.8, 4) is 0 Å². The van der Waals surface area contributed by atoms with E-state index in [1.165, 1.54) is 12.0 Å². The van der Waals surface area contributed by atoms with Crippen molar-refractivity contribution in [3.05, 3.63) is 35.9 Å². The van der Waals surface area contributed by atoms with Gasteiger partial charge in [0.25, 0.3) is 0 Å². The first-order valence-electron chi connectivity index (χ1n) is 5.77. The van der Waals surface area contributed by atoms with Gasteiger partial charge in [-0.2, -0.15) is 0 Å². The molecule has 0 spiro atoms. The molecule has 1 fully saturated rings. The molecule has 0 amide bonds. The highest BCUT2D eigenvalue weighted by molar-refractivity contribution is 5.14. The van der Waals surface area contributed by atoms with Gasteiger partial charge in [-0.1, -0.05) is 30.3 Å². The van der Waals surface area contributed by atoms with Crippen molar-refractivity contribution in [1.29, 1.82) is 0 Å². The van der Waals surface area contributed by atoms with Crippen molar-refractivity contribution in [2.75, 3.05) is 13.1 Å². The minimum Gasteiger partial charge on any atom is -0.330 e. The van der Waals surface area contributed by atoms with Crippen molar-refractivity contribution >= 4 is 0 Å². The molecular formula is C13H20N2. The Kier molecular flexibility index (Phi) is 3.39. The molecule has 82 valence electrons. The Hall–Kier alpha value is -0.860. The van der Waals surface area contributed by atoms with Crippen LogP contribution in [0.2, 0.25) is 0 Å². The number of nitrogens with zero attached hydrogens (tertiary/aromatic N) is 1. The minimum absolute atomic E-state index is 0.679. The molecule has 1 saturated heterocycles. The third-order valence-corrected chi connectivity index (χ3v) is 3.35. The van der Waals surface area contributed by atoms with Crippen LogP contribution in [-0.2, 0) is 6.54 Å². The number of hydrogen-bond acceptors (Lipinski definition) is 2. The fourth-order valence-electron chi connectivity index (χ4n) is 2.43. The molecule has 1 aromatic carbocycles. The van der Waals surface area contributed by atoms with Crippen LogP contribution in [0, 0.1) is 5.92 Å². The number of benzene rings is 1. The number of hydrogen-bond donors (Lipinski definition) is 1. The zero-order valence-electron chi connectivity index (χ0n) is 9.39. The van der Waals surface area contributed by atoms with Crippen LogP contribution in [-0.4, -0.2) is 24.0 Å². The first kappa shape index (κ1) is 10.7. The van der Waals surface area contributed by atoms with E-state index in [1.807, 2.05) is 0 Å². The van der Waals surface area contributed by atoms with Gasteiger partial charge < -0.3 is 5.73 Å². The van der Waals surface area contributed by atoms with E-state index in [1.54, 1.807) is 0 Å². The van der Waals surface area contributed by atoms with Gasteiger partial charge in [0.15, 0.2) is 0 Å². The highest BCUT2D eigenvalue weighted by atomic mass is 15.2. The highest BCUT2D eigenvalue weighted by Crippen LogP contribution is 2.23. The average Bonchev–Trinajstić information content (AvgIpc) is 2.61. The Bertz CT molecular complexity index is 297. The minimum atomic E-state index is 0.679. The van der Waals surface area contributed by atoms with Crippen LogP contribution in [0.1, 0.15) is 18.9 Å². The molecule has 1 aliphatic rings. The predicted octanol–water partition coefficient (Wildman–Crippen LogP) is 1.86. The standard InChI is InChI=1S/C13H20N2/c1-11-7-13(8-14)10-15(11)9-12-5-3-2-4-6-12/h2-6,11,13H,7-10,14H2,1H3/t11-,13?/m1/s1. The molecule has 1 heterocycles. The molecule has 1 unspecified atom stereocenters. The van der Waals surface area contributed by atoms with Gasteiger partial charge in [-0.25, -0.2) is 0 Å². The molecule has 1 aromatic rings. The summed E-state index contributed by atoms with van der Waals surface area (Å²) in [6.45, 7) is 5.36. The van der Waals surface area contributed by atoms with Crippen LogP contribution in [0.25, 0.3) is 0 Å². The van der Waals surface area contributed by atoms with Crippen LogP contribution in [0.5, 0.6) is 0 Å². The molecule has 2 rings (SSSR count). The highest BCUT2D eigenvalue weighted by Gasteiger charge is 2.27. The quantitative estimate of drug-likeness (QED) is 0.814. The van der Waals surface area contributed by atoms with E-state index in [9.17, 15) is 0 Å². The zero-order valence-corrected chi connectivity index (χ0v) is 9.39. The van der Waals surface area contributed by atoms with Crippen LogP contribution in [0.4, 0.5) is 0 Å². The Morgan fingerprint density at radius 3 is 2.67 bits per heavy atom. The second-order valence-electron chi connectivity index (χ2n) is 4.60. The third kappa shape index (κ3) is 2.58. The van der Waals surface area contributed by atoms with Gasteiger partial charge in [0.1, 0.15) is 0 Å². The summed E-state index contributed by atoms with van der Waals surface area (Å²) >= 11 is 0. The number of nitrogens with two attached hydrogens (primary N) is 1. The summed E-state index contributed by atoms with van der Waals surface area (Å²) in [5.74, 6) is 0.698. The zero-order chi connectivity index (χ0) is 10.7. The van der Waals surface area contributed by atoms with Gasteiger partial charge in [-0.15, -0.1) is 0 Å². The van der Waals surface area contributed by atoms with Gasteiger partial charge in [-0.05, 0) is 31.4 Å². The lowest BCUT2D eigenvalue weighted by molar-refractivity contribution is 0.256. The summed E-state index contributed by atoms with van der Waals surface area (Å²) in [5.41, 5.74) is 7.13. The predicted molar refractivity (Wildman–Crippen MR) is 63.5 cm³/mol. The Labute approximate surface area is 92.1 Å². The Balaban J connectivity index is 1.96. The summed E-state index contributed by atoms with van der Waals surface area (Å²) in [6.07, 6.45) is 1.25. The Morgan fingerprint density at radius 2 is 2.07 bits per heavy atom. The van der Waals surface area contributed by atoms with E-state index in [4.69, 9.17) is 5.73 Å². The molecule has 0 aliphatic carbocycles. The van der Waals surface area contributed by atoms with E-state index in [-0.39, 0.29) is 0 Å². The molecule has 0 saturated carbocycles. The number of rotatable bonds is 3. The third-order valence-electron chi connectivity index (χ3n) is 3.35. The summed E-state index contributed by atoms with van der Waals surface area (Å²) < 4.78 is 0. The lowest BCUT2D eigenvalue weighted by atomic mass is 10.1. The maximum absolute atomic E-state index is 5.72. The Morgan fingerprint density at radius 1 is 1.33 bits per heavy atom. The molecule has 0 aromatic heterocycles. The molecule has 1 aliphatic heterocycles. The molecule has 0 bridgehead atoms. The average molecular weight is 204 g/mol. The van der Waals surface area contributed by atoms with Gasteiger partial charge in [0.2, 0.25) is 0 Å². The lowest BCUT2D eigenvalue weighted by Crippen LogP contribution is -2.27. The molecule has 2 N–H and O–H groups in total. The second-order valence-corrected chi connectivity index (χ2v) is 4.60. The van der Waals surface area contributed by atoms with Gasteiger partial charge >= 0.3 is 0 Å². The fourth-order valence-corrected chi connectivity index (χ4v) is 2.43. The fraction of sp³-hybridized carbons (Fsp3) is 0.538. The summed E-state index contributed by atoms with van der Waals surface area (Å²) in [4.78, 5) is 2.53. The van der Waals surface area contributed by atoms with E-state index in [2.05, 4.69) is 42.2 Å². The van der Waals surface area contributed by atoms with E-state index in [0.29, 0.717) is 12.0 Å². The smallest absolute Gasteiger partial charge is 0.0236 e. The van der Waals surface area contributed by atoms with Gasteiger partial charge in [0.05, 0.1) is 0 Å². The molecule has 15 heavy (non-hydrogen) atoms. The SMILES string of the molecule is C[C@@H]1CC(CN)CN1Cc1ccccc1. The molecule has 2 atom stereocenters. The van der Waals surface area contributed by atoms with E-state index >= 15 is 0 Å². The van der Waals surface area contributed by atoms with Crippen molar-refractivity contribution < 1.29 is 0 Å². The normalized spacial score (nSPS) is 27.1. The first-order chi connectivity index (χ1) is 7.29. The van der Waals surface area contributed by atoms with Gasteiger partial charge in [0, 0.05) is 19.1 Å². The summed E-state index contributed by atoms with van der Waals surface area (Å²) in [7, 11) is 0. The van der Waals surface area contributed by atoms with Crippen LogP contribution in [0.3, 0.4) is 0 Å². The van der Waals surface area contributed by atoms with Crippen LogP contribution < -0.4 is 5.73 Å². The maximum atomic E-state index is 5.72. The topological polar surface area (TPSA) is 29.3 Å². The second kappa shape index (κ2) is 4.77. The monoisotopic (exact) mass is 204 g/mol. The molecular weight excluding hydrogens is 184 g/mol. The van der Waals surface area contributed by atoms with Crippen molar-refractivity contribution in [3.63, 3.8) is 0 Å². The van der Waals surface area contributed by atoms with E-state index in [0.717, 1.165) is 19.6 Å². The molecule has 2 heteroatoms. The first-order valence-corrected chi connectivity index (χ1v) is 5.77. The van der Waals surface area contributed by atoms with Crippen molar-refractivity contribution in [2.24, 2.45) is 11.7 Å². The van der Waals surface area contributed by atoms with E-state index < -0.39 is 0 Å². The van der Waals surface area contributed by atoms with Crippen LogP contribution >= 0.6 is 0 Å². The molecule has 2 nitrogen and oxygen atoms in total. The maximum Gasteiger partial charge on any atom is 0.0236 e. The molecule has 0 radical (unpaired) electrons. The number of likely N-dealkylation sites (tertiary alicyclic amines) is 1. The van der Waals surface area contributed by atoms with Crippen molar-refractivity contribution in [2.45, 2.75) is 25.9 Å². The lowest BCUT2D eigenvalue weighted by Gasteiger charge is -2.20. The van der Waals surface area contributed by atoms with Gasteiger partial charge in [-0.3, -0.25) is 4.90 Å². The largest absolute Gasteiger partial charge is 0.330 e. The van der Waals surface area contributed by atoms with Crippen LogP contribution in [0.15, 0.2) is 30.3 Å². The summed E-state index contributed by atoms with van der Waals surface area (Å²) in [6, 6.07) is 11.4. The van der Waals surface area contributed by atoms with Crippen molar-refractivity contribution in [1.82, 2.24) is 4.90 Å². The summed E-state index contributed by atoms with van der Waals surface area (Å²) in [5, 5.41) is 0.